The lowest BCUT2D eigenvalue weighted by atomic mass is 10.1. The van der Waals surface area contributed by atoms with Gasteiger partial charge in [-0.25, -0.2) is 4.98 Å². The zero-order chi connectivity index (χ0) is 16.5. The van der Waals surface area contributed by atoms with E-state index in [1.54, 1.807) is 11.3 Å². The standard InChI is InChI=1S/C17H31N5S.HI/c1-4-10-22-11-7-14(8-12-22)21-17(18-3)19-9-6-15-13-23-16(5-2)20-15;/h13-14H,4-12H2,1-3H3,(H2,18,19,21);1H. The van der Waals surface area contributed by atoms with Crippen LogP contribution in [0.5, 0.6) is 0 Å². The highest BCUT2D eigenvalue weighted by atomic mass is 127. The Balaban J connectivity index is 0.00000288. The van der Waals surface area contributed by atoms with Gasteiger partial charge in [-0.3, -0.25) is 4.99 Å². The second kappa shape index (κ2) is 12.0. The minimum absolute atomic E-state index is 0. The summed E-state index contributed by atoms with van der Waals surface area (Å²) >= 11 is 1.76. The van der Waals surface area contributed by atoms with Crippen LogP contribution in [-0.2, 0) is 12.8 Å². The van der Waals surface area contributed by atoms with Crippen LogP contribution >= 0.6 is 35.3 Å². The minimum Gasteiger partial charge on any atom is -0.356 e. The van der Waals surface area contributed by atoms with Crippen molar-refractivity contribution in [3.8, 4) is 0 Å². The largest absolute Gasteiger partial charge is 0.356 e. The normalized spacial score (nSPS) is 16.7. The summed E-state index contributed by atoms with van der Waals surface area (Å²) in [4.78, 5) is 11.5. The number of hydrogen-bond acceptors (Lipinski definition) is 4. The number of likely N-dealkylation sites (tertiary alicyclic amines) is 1. The first kappa shape index (κ1) is 21.6. The van der Waals surface area contributed by atoms with E-state index in [4.69, 9.17) is 0 Å². The van der Waals surface area contributed by atoms with Crippen LogP contribution in [0.2, 0.25) is 0 Å². The van der Waals surface area contributed by atoms with Crippen LogP contribution in [0.1, 0.15) is 43.8 Å². The number of nitrogens with zero attached hydrogens (tertiary/aromatic N) is 3. The summed E-state index contributed by atoms with van der Waals surface area (Å²) in [5.41, 5.74) is 1.18. The third-order valence-electron chi connectivity index (χ3n) is 4.27. The third kappa shape index (κ3) is 7.23. The first-order valence-electron chi connectivity index (χ1n) is 8.88. The van der Waals surface area contributed by atoms with Crippen molar-refractivity contribution in [2.24, 2.45) is 4.99 Å². The molecule has 1 aromatic heterocycles. The lowest BCUT2D eigenvalue weighted by molar-refractivity contribution is 0.206. The number of piperidine rings is 1. The van der Waals surface area contributed by atoms with Gasteiger partial charge in [-0.15, -0.1) is 35.3 Å². The van der Waals surface area contributed by atoms with Gasteiger partial charge in [0.05, 0.1) is 10.7 Å². The number of rotatable bonds is 7. The molecule has 0 unspecified atom stereocenters. The van der Waals surface area contributed by atoms with Gasteiger partial charge in [0, 0.05) is 44.5 Å². The van der Waals surface area contributed by atoms with Gasteiger partial charge in [-0.1, -0.05) is 13.8 Å². The molecule has 1 aromatic rings. The van der Waals surface area contributed by atoms with Crippen molar-refractivity contribution in [1.82, 2.24) is 20.5 Å². The SMILES string of the molecule is CCCN1CCC(NC(=NC)NCCc2csc(CC)n2)CC1.I. The van der Waals surface area contributed by atoms with Gasteiger partial charge in [0.1, 0.15) is 0 Å². The molecule has 0 aromatic carbocycles. The summed E-state index contributed by atoms with van der Waals surface area (Å²) in [6.45, 7) is 8.90. The van der Waals surface area contributed by atoms with Crippen molar-refractivity contribution < 1.29 is 0 Å². The first-order valence-corrected chi connectivity index (χ1v) is 9.75. The Bertz CT molecular complexity index is 483. The second-order valence-corrected chi connectivity index (χ2v) is 7.04. The van der Waals surface area contributed by atoms with Gasteiger partial charge < -0.3 is 15.5 Å². The average molecular weight is 465 g/mol. The van der Waals surface area contributed by atoms with Gasteiger partial charge in [0.25, 0.3) is 0 Å². The molecule has 7 heteroatoms. The fourth-order valence-corrected chi connectivity index (χ4v) is 3.72. The summed E-state index contributed by atoms with van der Waals surface area (Å²) in [5, 5.41) is 10.4. The number of aromatic nitrogens is 1. The lowest BCUT2D eigenvalue weighted by Gasteiger charge is -2.32. The molecule has 1 aliphatic heterocycles. The van der Waals surface area contributed by atoms with Crippen LogP contribution < -0.4 is 10.6 Å². The van der Waals surface area contributed by atoms with E-state index in [1.165, 1.54) is 49.6 Å². The van der Waals surface area contributed by atoms with Crippen LogP contribution in [-0.4, -0.2) is 55.1 Å². The van der Waals surface area contributed by atoms with Crippen molar-refractivity contribution in [2.75, 3.05) is 33.2 Å². The molecule has 5 nitrogen and oxygen atoms in total. The Labute approximate surface area is 167 Å². The van der Waals surface area contributed by atoms with Crippen LogP contribution in [0, 0.1) is 0 Å². The highest BCUT2D eigenvalue weighted by Crippen LogP contribution is 2.11. The number of aliphatic imine (C=N–C) groups is 1. The van der Waals surface area contributed by atoms with E-state index in [2.05, 4.69) is 44.7 Å². The van der Waals surface area contributed by atoms with E-state index in [0.717, 1.165) is 25.3 Å². The van der Waals surface area contributed by atoms with E-state index in [0.29, 0.717) is 6.04 Å². The summed E-state index contributed by atoms with van der Waals surface area (Å²) in [6.07, 6.45) is 5.63. The number of aryl methyl sites for hydroxylation is 1. The Morgan fingerprint density at radius 2 is 2.12 bits per heavy atom. The van der Waals surface area contributed by atoms with E-state index < -0.39 is 0 Å². The van der Waals surface area contributed by atoms with Gasteiger partial charge >= 0.3 is 0 Å². The molecule has 0 bridgehead atoms. The molecule has 0 radical (unpaired) electrons. The predicted molar refractivity (Wildman–Crippen MR) is 115 cm³/mol. The van der Waals surface area contributed by atoms with Crippen molar-refractivity contribution in [3.63, 3.8) is 0 Å². The smallest absolute Gasteiger partial charge is 0.191 e. The quantitative estimate of drug-likeness (QED) is 0.370. The first-order chi connectivity index (χ1) is 11.2. The van der Waals surface area contributed by atoms with Crippen LogP contribution in [0.3, 0.4) is 0 Å². The maximum Gasteiger partial charge on any atom is 0.191 e. The summed E-state index contributed by atoms with van der Waals surface area (Å²) in [6, 6.07) is 0.542. The Morgan fingerprint density at radius 3 is 2.71 bits per heavy atom. The van der Waals surface area contributed by atoms with Crippen LogP contribution in [0.15, 0.2) is 10.4 Å². The fourth-order valence-electron chi connectivity index (χ4n) is 2.94. The molecule has 2 heterocycles. The molecule has 2 rings (SSSR count). The van der Waals surface area contributed by atoms with E-state index >= 15 is 0 Å². The van der Waals surface area contributed by atoms with Crippen LogP contribution in [0.4, 0.5) is 0 Å². The zero-order valence-corrected chi connectivity index (χ0v) is 18.3. The molecular formula is C17H32IN5S. The predicted octanol–water partition coefficient (Wildman–Crippen LogP) is 2.91. The monoisotopic (exact) mass is 465 g/mol. The zero-order valence-electron chi connectivity index (χ0n) is 15.2. The molecule has 138 valence electrons. The van der Waals surface area contributed by atoms with E-state index in [1.807, 2.05) is 7.05 Å². The van der Waals surface area contributed by atoms with E-state index in [-0.39, 0.29) is 24.0 Å². The number of halogens is 1. The summed E-state index contributed by atoms with van der Waals surface area (Å²) in [7, 11) is 1.85. The molecule has 2 N–H and O–H groups in total. The number of nitrogens with one attached hydrogen (secondary N) is 2. The number of guanidine groups is 1. The molecular weight excluding hydrogens is 433 g/mol. The maximum absolute atomic E-state index is 4.61. The Hall–Kier alpha value is -0.410. The highest BCUT2D eigenvalue weighted by Gasteiger charge is 2.19. The Kier molecular flexibility index (Phi) is 10.8. The summed E-state index contributed by atoms with van der Waals surface area (Å²) in [5.74, 6) is 0.921. The molecule has 0 aliphatic carbocycles. The number of hydrogen-bond donors (Lipinski definition) is 2. The van der Waals surface area contributed by atoms with Crippen molar-refractivity contribution in [3.05, 3.63) is 16.1 Å². The highest BCUT2D eigenvalue weighted by molar-refractivity contribution is 14.0. The van der Waals surface area contributed by atoms with Gasteiger partial charge in [-0.05, 0) is 32.2 Å². The second-order valence-electron chi connectivity index (χ2n) is 6.10. The molecule has 1 saturated heterocycles. The topological polar surface area (TPSA) is 52.5 Å². The third-order valence-corrected chi connectivity index (χ3v) is 5.31. The molecule has 0 saturated carbocycles. The van der Waals surface area contributed by atoms with Crippen molar-refractivity contribution in [1.29, 1.82) is 0 Å². The average Bonchev–Trinajstić information content (AvgIpc) is 3.04. The molecule has 0 spiro atoms. The molecule has 24 heavy (non-hydrogen) atoms. The maximum atomic E-state index is 4.61. The lowest BCUT2D eigenvalue weighted by Crippen LogP contribution is -2.49. The molecule has 0 amide bonds. The van der Waals surface area contributed by atoms with E-state index in [9.17, 15) is 0 Å². The molecule has 1 aliphatic rings. The number of thiazole rings is 1. The van der Waals surface area contributed by atoms with Gasteiger partial charge in [0.15, 0.2) is 5.96 Å². The molecule has 0 atom stereocenters. The fraction of sp³-hybridized carbons (Fsp3) is 0.765. The molecule has 1 fully saturated rings. The van der Waals surface area contributed by atoms with Gasteiger partial charge in [0.2, 0.25) is 0 Å². The Morgan fingerprint density at radius 1 is 1.38 bits per heavy atom. The minimum atomic E-state index is 0. The van der Waals surface area contributed by atoms with Crippen molar-refractivity contribution in [2.45, 2.75) is 52.0 Å². The van der Waals surface area contributed by atoms with Gasteiger partial charge in [-0.2, -0.15) is 0 Å². The van der Waals surface area contributed by atoms with Crippen molar-refractivity contribution >= 4 is 41.3 Å². The summed E-state index contributed by atoms with van der Waals surface area (Å²) < 4.78 is 0. The van der Waals surface area contributed by atoms with Crippen LogP contribution in [0.25, 0.3) is 0 Å².